The number of benzene rings is 1. The second-order valence-corrected chi connectivity index (χ2v) is 5.02. The molecule has 1 aromatic carbocycles. The zero-order valence-corrected chi connectivity index (χ0v) is 10.9. The Hall–Kier alpha value is -1.31. The molecule has 17 heavy (non-hydrogen) atoms. The van der Waals surface area contributed by atoms with E-state index in [2.05, 4.69) is 19.9 Å². The minimum Gasteiger partial charge on any atom is -0.482 e. The Kier molecular flexibility index (Phi) is 3.51. The summed E-state index contributed by atoms with van der Waals surface area (Å²) in [4.78, 5) is 11.7. The molecule has 1 unspecified atom stereocenters. The molecule has 2 heteroatoms. The van der Waals surface area contributed by atoms with Gasteiger partial charge in [-0.3, -0.25) is 4.79 Å². The van der Waals surface area contributed by atoms with Gasteiger partial charge in [-0.25, -0.2) is 0 Å². The number of ether oxygens (including phenoxy) is 1. The van der Waals surface area contributed by atoms with E-state index in [0.717, 1.165) is 30.6 Å². The van der Waals surface area contributed by atoms with E-state index in [4.69, 9.17) is 4.74 Å². The number of carbonyl (C=O) groups is 1. The largest absolute Gasteiger partial charge is 0.482 e. The summed E-state index contributed by atoms with van der Waals surface area (Å²) in [5.74, 6) is 1.13. The van der Waals surface area contributed by atoms with Crippen LogP contribution < -0.4 is 4.74 Å². The molecule has 2 nitrogen and oxygen atoms in total. The highest BCUT2D eigenvalue weighted by Gasteiger charge is 2.24. The Balaban J connectivity index is 2.17. The molecule has 0 radical (unpaired) electrons. The van der Waals surface area contributed by atoms with E-state index in [9.17, 15) is 4.79 Å². The molecule has 0 bridgehead atoms. The van der Waals surface area contributed by atoms with Gasteiger partial charge in [0.1, 0.15) is 5.75 Å². The molecule has 1 aliphatic rings. The zero-order valence-electron chi connectivity index (χ0n) is 10.9. The summed E-state index contributed by atoms with van der Waals surface area (Å²) >= 11 is 0. The van der Waals surface area contributed by atoms with Gasteiger partial charge in [0.25, 0.3) is 0 Å². The van der Waals surface area contributed by atoms with Crippen molar-refractivity contribution in [2.75, 3.05) is 0 Å². The molecule has 0 spiro atoms. The first kappa shape index (κ1) is 12.2. The topological polar surface area (TPSA) is 26.3 Å². The van der Waals surface area contributed by atoms with Crippen molar-refractivity contribution in [1.82, 2.24) is 0 Å². The average Bonchev–Trinajstić information content (AvgIpc) is 2.29. The maximum Gasteiger partial charge on any atom is 0.173 e. The summed E-state index contributed by atoms with van der Waals surface area (Å²) in [6.07, 6.45) is 3.44. The van der Waals surface area contributed by atoms with Gasteiger partial charge in [0.2, 0.25) is 0 Å². The minimum absolute atomic E-state index is 0.218. The highest BCUT2D eigenvalue weighted by molar-refractivity contribution is 5.84. The summed E-state index contributed by atoms with van der Waals surface area (Å²) in [7, 11) is 0. The summed E-state index contributed by atoms with van der Waals surface area (Å²) in [5.41, 5.74) is 3.60. The quantitative estimate of drug-likeness (QED) is 0.780. The molecule has 2 rings (SSSR count). The second-order valence-electron chi connectivity index (χ2n) is 5.02. The van der Waals surface area contributed by atoms with Crippen LogP contribution in [0.2, 0.25) is 0 Å². The van der Waals surface area contributed by atoms with Crippen molar-refractivity contribution in [2.45, 2.75) is 52.6 Å². The van der Waals surface area contributed by atoms with E-state index in [1.165, 1.54) is 11.1 Å². The van der Waals surface area contributed by atoms with Gasteiger partial charge < -0.3 is 4.74 Å². The molecule has 1 aromatic rings. The van der Waals surface area contributed by atoms with Crippen LogP contribution in [0.1, 0.15) is 42.4 Å². The first-order valence-corrected chi connectivity index (χ1v) is 6.35. The first-order valence-electron chi connectivity index (χ1n) is 6.35. The summed E-state index contributed by atoms with van der Waals surface area (Å²) in [6.45, 7) is 6.21. The maximum atomic E-state index is 11.7. The fourth-order valence-corrected chi connectivity index (χ4v) is 2.29. The van der Waals surface area contributed by atoms with Crippen molar-refractivity contribution in [3.8, 4) is 5.75 Å². The van der Waals surface area contributed by atoms with Gasteiger partial charge in [0.05, 0.1) is 0 Å². The summed E-state index contributed by atoms with van der Waals surface area (Å²) in [5, 5.41) is 0. The SMILES string of the molecule is Cc1cc(C)c(OC2CCCCC2=O)cc1C. The van der Waals surface area contributed by atoms with Crippen LogP contribution in [0.3, 0.4) is 0 Å². The third-order valence-electron chi connectivity index (χ3n) is 3.56. The molecule has 1 atom stereocenters. The number of rotatable bonds is 2. The molecule has 0 aromatic heterocycles. The third kappa shape index (κ3) is 2.68. The predicted octanol–water partition coefficient (Wildman–Crippen LogP) is 3.50. The number of Topliss-reactive ketones (excluding diaryl/α,β-unsaturated/α-hetero) is 1. The van der Waals surface area contributed by atoms with E-state index in [1.54, 1.807) is 0 Å². The third-order valence-corrected chi connectivity index (χ3v) is 3.56. The van der Waals surface area contributed by atoms with Crippen molar-refractivity contribution >= 4 is 5.78 Å². The van der Waals surface area contributed by atoms with Gasteiger partial charge in [0, 0.05) is 6.42 Å². The van der Waals surface area contributed by atoms with Crippen LogP contribution in [-0.2, 0) is 4.79 Å². The van der Waals surface area contributed by atoms with E-state index in [-0.39, 0.29) is 11.9 Å². The molecule has 1 aliphatic carbocycles. The molecule has 0 saturated heterocycles. The summed E-state index contributed by atoms with van der Waals surface area (Å²) < 4.78 is 5.88. The van der Waals surface area contributed by atoms with Crippen LogP contribution in [0.4, 0.5) is 0 Å². The number of carbonyl (C=O) groups excluding carboxylic acids is 1. The molecule has 1 saturated carbocycles. The Morgan fingerprint density at radius 3 is 2.47 bits per heavy atom. The molecule has 0 amide bonds. The van der Waals surface area contributed by atoms with E-state index in [1.807, 2.05) is 13.0 Å². The zero-order chi connectivity index (χ0) is 12.4. The first-order chi connectivity index (χ1) is 8.08. The van der Waals surface area contributed by atoms with Crippen molar-refractivity contribution in [2.24, 2.45) is 0 Å². The maximum absolute atomic E-state index is 11.7. The Morgan fingerprint density at radius 1 is 1.06 bits per heavy atom. The van der Waals surface area contributed by atoms with Gasteiger partial charge in [-0.05, 0) is 62.8 Å². The van der Waals surface area contributed by atoms with E-state index in [0.29, 0.717) is 6.42 Å². The van der Waals surface area contributed by atoms with Gasteiger partial charge in [0.15, 0.2) is 11.9 Å². The van der Waals surface area contributed by atoms with Gasteiger partial charge in [-0.1, -0.05) is 6.07 Å². The van der Waals surface area contributed by atoms with E-state index < -0.39 is 0 Å². The van der Waals surface area contributed by atoms with Crippen molar-refractivity contribution < 1.29 is 9.53 Å². The molecule has 0 heterocycles. The van der Waals surface area contributed by atoms with Crippen LogP contribution in [0.25, 0.3) is 0 Å². The van der Waals surface area contributed by atoms with Crippen LogP contribution in [0.15, 0.2) is 12.1 Å². The summed E-state index contributed by atoms with van der Waals surface area (Å²) in [6, 6.07) is 4.17. The van der Waals surface area contributed by atoms with Crippen molar-refractivity contribution in [3.05, 3.63) is 28.8 Å². The molecule has 92 valence electrons. The highest BCUT2D eigenvalue weighted by atomic mass is 16.5. The molecule has 0 aliphatic heterocycles. The fourth-order valence-electron chi connectivity index (χ4n) is 2.29. The van der Waals surface area contributed by atoms with Crippen LogP contribution >= 0.6 is 0 Å². The normalized spacial score (nSPS) is 20.4. The lowest BCUT2D eigenvalue weighted by molar-refractivity contribution is -0.127. The van der Waals surface area contributed by atoms with E-state index >= 15 is 0 Å². The lowest BCUT2D eigenvalue weighted by Gasteiger charge is -2.23. The molecule has 1 fully saturated rings. The van der Waals surface area contributed by atoms with Crippen LogP contribution in [0, 0.1) is 20.8 Å². The minimum atomic E-state index is -0.218. The predicted molar refractivity (Wildman–Crippen MR) is 68.5 cm³/mol. The Bertz CT molecular complexity index is 435. The second kappa shape index (κ2) is 4.91. The molecular weight excluding hydrogens is 212 g/mol. The highest BCUT2D eigenvalue weighted by Crippen LogP contribution is 2.26. The molecule has 0 N–H and O–H groups in total. The average molecular weight is 232 g/mol. The van der Waals surface area contributed by atoms with Gasteiger partial charge >= 0.3 is 0 Å². The smallest absolute Gasteiger partial charge is 0.173 e. The lowest BCUT2D eigenvalue weighted by atomic mass is 9.96. The number of hydrogen-bond donors (Lipinski definition) is 0. The Labute approximate surface area is 103 Å². The van der Waals surface area contributed by atoms with Gasteiger partial charge in [-0.2, -0.15) is 0 Å². The monoisotopic (exact) mass is 232 g/mol. The number of hydrogen-bond acceptors (Lipinski definition) is 2. The van der Waals surface area contributed by atoms with Crippen LogP contribution in [-0.4, -0.2) is 11.9 Å². The van der Waals surface area contributed by atoms with Crippen LogP contribution in [0.5, 0.6) is 5.75 Å². The number of aryl methyl sites for hydroxylation is 3. The van der Waals surface area contributed by atoms with Crippen molar-refractivity contribution in [3.63, 3.8) is 0 Å². The number of ketones is 1. The van der Waals surface area contributed by atoms with Crippen molar-refractivity contribution in [1.29, 1.82) is 0 Å². The van der Waals surface area contributed by atoms with Gasteiger partial charge in [-0.15, -0.1) is 0 Å². The lowest BCUT2D eigenvalue weighted by Crippen LogP contribution is -2.30. The fraction of sp³-hybridized carbons (Fsp3) is 0.533. The Morgan fingerprint density at radius 2 is 1.76 bits per heavy atom. The standard InChI is InChI=1S/C15H20O2/c1-10-8-12(3)15(9-11(10)2)17-14-7-5-4-6-13(14)16/h8-9,14H,4-7H2,1-3H3. The molecular formula is C15H20O2.